The van der Waals surface area contributed by atoms with Crippen LogP contribution in [0.3, 0.4) is 0 Å². The minimum absolute atomic E-state index is 0. The van der Waals surface area contributed by atoms with Crippen molar-refractivity contribution in [2.75, 3.05) is 13.1 Å². The predicted molar refractivity (Wildman–Crippen MR) is 73.6 cm³/mol. The maximum absolute atomic E-state index is 13.6. The van der Waals surface area contributed by atoms with Gasteiger partial charge in [-0.2, -0.15) is 0 Å². The standard InChI is InChI=1S/C14H16F2N2O.ClH/c15-12-3-1-2-9(13(12)16)10-6-11(10)14(19)18-5-4-8(17)7-18;/h1-3,8,10-11H,4-7,17H2;1H/t8-,10?,11?;/m1./s1. The van der Waals surface area contributed by atoms with E-state index >= 15 is 0 Å². The molecule has 1 aromatic carbocycles. The van der Waals surface area contributed by atoms with E-state index in [4.69, 9.17) is 5.73 Å². The van der Waals surface area contributed by atoms with Crippen LogP contribution in [-0.2, 0) is 4.79 Å². The molecule has 0 bridgehead atoms. The van der Waals surface area contributed by atoms with Crippen LogP contribution in [0.2, 0.25) is 0 Å². The predicted octanol–water partition coefficient (Wildman–Crippen LogP) is 2.05. The summed E-state index contributed by atoms with van der Waals surface area (Å²) in [6, 6.07) is 4.19. The Balaban J connectivity index is 0.00000147. The van der Waals surface area contributed by atoms with Crippen molar-refractivity contribution in [3.8, 4) is 0 Å². The quantitative estimate of drug-likeness (QED) is 0.909. The first kappa shape index (κ1) is 15.2. The zero-order valence-electron chi connectivity index (χ0n) is 10.9. The molecule has 0 aromatic heterocycles. The van der Waals surface area contributed by atoms with Crippen molar-refractivity contribution in [1.82, 2.24) is 4.90 Å². The summed E-state index contributed by atoms with van der Waals surface area (Å²) in [6.07, 6.45) is 1.42. The third-order valence-electron chi connectivity index (χ3n) is 4.02. The van der Waals surface area contributed by atoms with Crippen LogP contribution in [0, 0.1) is 17.6 Å². The fourth-order valence-electron chi connectivity index (χ4n) is 2.84. The molecule has 1 aromatic rings. The highest BCUT2D eigenvalue weighted by atomic mass is 35.5. The molecule has 3 atom stereocenters. The third kappa shape index (κ3) is 2.65. The van der Waals surface area contributed by atoms with E-state index in [1.54, 1.807) is 11.0 Å². The molecule has 2 unspecified atom stereocenters. The van der Waals surface area contributed by atoms with Gasteiger partial charge in [0.05, 0.1) is 0 Å². The number of hydrogen-bond acceptors (Lipinski definition) is 2. The van der Waals surface area contributed by atoms with Crippen LogP contribution in [-0.4, -0.2) is 29.9 Å². The highest BCUT2D eigenvalue weighted by Gasteiger charge is 2.47. The molecule has 1 aliphatic heterocycles. The normalized spacial score (nSPS) is 28.1. The molecule has 3 nitrogen and oxygen atoms in total. The van der Waals surface area contributed by atoms with Crippen molar-refractivity contribution in [3.05, 3.63) is 35.4 Å². The van der Waals surface area contributed by atoms with E-state index < -0.39 is 11.6 Å². The molecule has 20 heavy (non-hydrogen) atoms. The lowest BCUT2D eigenvalue weighted by molar-refractivity contribution is -0.131. The number of likely N-dealkylation sites (tertiary alicyclic amines) is 1. The summed E-state index contributed by atoms with van der Waals surface area (Å²) in [4.78, 5) is 13.9. The number of benzene rings is 1. The summed E-state index contributed by atoms with van der Waals surface area (Å²) in [6.45, 7) is 1.25. The van der Waals surface area contributed by atoms with Crippen molar-refractivity contribution >= 4 is 18.3 Å². The molecule has 0 radical (unpaired) electrons. The first-order chi connectivity index (χ1) is 9.08. The Kier molecular flexibility index (Phi) is 4.30. The second-order valence-electron chi connectivity index (χ2n) is 5.42. The maximum Gasteiger partial charge on any atom is 0.226 e. The van der Waals surface area contributed by atoms with Gasteiger partial charge >= 0.3 is 0 Å². The number of amides is 1. The van der Waals surface area contributed by atoms with E-state index in [9.17, 15) is 13.6 Å². The van der Waals surface area contributed by atoms with Gasteiger partial charge < -0.3 is 10.6 Å². The van der Waals surface area contributed by atoms with Crippen molar-refractivity contribution in [1.29, 1.82) is 0 Å². The first-order valence-corrected chi connectivity index (χ1v) is 6.56. The van der Waals surface area contributed by atoms with Crippen LogP contribution >= 0.6 is 12.4 Å². The highest BCUT2D eigenvalue weighted by Crippen LogP contribution is 2.49. The second kappa shape index (κ2) is 5.66. The van der Waals surface area contributed by atoms with Gasteiger partial charge in [0, 0.05) is 25.0 Å². The van der Waals surface area contributed by atoms with Crippen LogP contribution in [0.15, 0.2) is 18.2 Å². The molecule has 0 spiro atoms. The largest absolute Gasteiger partial charge is 0.341 e. The summed E-state index contributed by atoms with van der Waals surface area (Å²) in [5, 5.41) is 0. The smallest absolute Gasteiger partial charge is 0.226 e. The van der Waals surface area contributed by atoms with Gasteiger partial charge in [0.1, 0.15) is 0 Å². The third-order valence-corrected chi connectivity index (χ3v) is 4.02. The van der Waals surface area contributed by atoms with E-state index in [0.717, 1.165) is 12.5 Å². The number of carbonyl (C=O) groups excluding carboxylic acids is 1. The van der Waals surface area contributed by atoms with Gasteiger partial charge in [0.2, 0.25) is 5.91 Å². The number of nitrogens with two attached hydrogens (primary N) is 1. The highest BCUT2D eigenvalue weighted by molar-refractivity contribution is 5.85. The zero-order chi connectivity index (χ0) is 13.6. The Labute approximate surface area is 122 Å². The number of halogens is 3. The van der Waals surface area contributed by atoms with E-state index in [-0.39, 0.29) is 36.2 Å². The van der Waals surface area contributed by atoms with Crippen molar-refractivity contribution < 1.29 is 13.6 Å². The van der Waals surface area contributed by atoms with Crippen LogP contribution in [0.1, 0.15) is 24.3 Å². The number of carbonyl (C=O) groups is 1. The summed E-state index contributed by atoms with van der Waals surface area (Å²) in [5.74, 6) is -2.03. The molecule has 1 saturated heterocycles. The van der Waals surface area contributed by atoms with Crippen LogP contribution in [0.4, 0.5) is 8.78 Å². The van der Waals surface area contributed by atoms with E-state index in [2.05, 4.69) is 0 Å². The summed E-state index contributed by atoms with van der Waals surface area (Å²) < 4.78 is 26.8. The summed E-state index contributed by atoms with van der Waals surface area (Å²) in [7, 11) is 0. The average molecular weight is 303 g/mol. The van der Waals surface area contributed by atoms with Gasteiger partial charge in [-0.1, -0.05) is 12.1 Å². The Morgan fingerprint density at radius 2 is 2.10 bits per heavy atom. The van der Waals surface area contributed by atoms with Gasteiger partial charge in [-0.3, -0.25) is 4.79 Å². The number of hydrogen-bond donors (Lipinski definition) is 1. The Bertz CT molecular complexity index is 526. The zero-order valence-corrected chi connectivity index (χ0v) is 11.7. The molecule has 2 aliphatic rings. The minimum Gasteiger partial charge on any atom is -0.341 e. The monoisotopic (exact) mass is 302 g/mol. The van der Waals surface area contributed by atoms with Gasteiger partial charge in [-0.05, 0) is 30.4 Å². The Hall–Kier alpha value is -1.20. The van der Waals surface area contributed by atoms with Gasteiger partial charge in [0.15, 0.2) is 11.6 Å². The lowest BCUT2D eigenvalue weighted by atomic mass is 10.1. The number of nitrogens with zero attached hydrogens (tertiary/aromatic N) is 1. The molecule has 1 amide bonds. The molecule has 2 fully saturated rings. The lowest BCUT2D eigenvalue weighted by Gasteiger charge is -2.15. The second-order valence-corrected chi connectivity index (χ2v) is 5.42. The summed E-state index contributed by atoms with van der Waals surface area (Å²) >= 11 is 0. The van der Waals surface area contributed by atoms with Crippen LogP contribution < -0.4 is 5.73 Å². The SMILES string of the molecule is Cl.N[C@@H]1CCN(C(=O)C2CC2c2cccc(F)c2F)C1. The van der Waals surface area contributed by atoms with E-state index in [1.165, 1.54) is 6.07 Å². The first-order valence-electron chi connectivity index (χ1n) is 6.56. The van der Waals surface area contributed by atoms with Crippen LogP contribution in [0.5, 0.6) is 0 Å². The molecular weight excluding hydrogens is 286 g/mol. The van der Waals surface area contributed by atoms with Crippen molar-refractivity contribution in [2.45, 2.75) is 24.8 Å². The van der Waals surface area contributed by atoms with Crippen molar-refractivity contribution in [2.24, 2.45) is 11.7 Å². The number of rotatable bonds is 2. The van der Waals surface area contributed by atoms with Gasteiger partial charge in [-0.25, -0.2) is 8.78 Å². The summed E-state index contributed by atoms with van der Waals surface area (Å²) in [5.41, 5.74) is 6.09. The minimum atomic E-state index is -0.848. The molecule has 1 saturated carbocycles. The van der Waals surface area contributed by atoms with Gasteiger partial charge in [-0.15, -0.1) is 12.4 Å². The molecule has 3 rings (SSSR count). The average Bonchev–Trinajstić information content (AvgIpc) is 3.06. The molecular formula is C14H17ClF2N2O. The fraction of sp³-hybridized carbons (Fsp3) is 0.500. The topological polar surface area (TPSA) is 46.3 Å². The lowest BCUT2D eigenvalue weighted by Crippen LogP contribution is -2.33. The molecule has 6 heteroatoms. The van der Waals surface area contributed by atoms with Crippen LogP contribution in [0.25, 0.3) is 0 Å². The fourth-order valence-corrected chi connectivity index (χ4v) is 2.84. The van der Waals surface area contributed by atoms with E-state index in [1.807, 2.05) is 0 Å². The maximum atomic E-state index is 13.6. The molecule has 1 aliphatic carbocycles. The molecule has 1 heterocycles. The molecule has 2 N–H and O–H groups in total. The van der Waals surface area contributed by atoms with Crippen molar-refractivity contribution in [3.63, 3.8) is 0 Å². The Morgan fingerprint density at radius 3 is 2.75 bits per heavy atom. The van der Waals surface area contributed by atoms with E-state index in [0.29, 0.717) is 25.1 Å². The molecule has 110 valence electrons. The van der Waals surface area contributed by atoms with Gasteiger partial charge in [0.25, 0.3) is 0 Å². The Morgan fingerprint density at radius 1 is 1.35 bits per heavy atom.